The lowest BCUT2D eigenvalue weighted by molar-refractivity contribution is 0.668. The van der Waals surface area contributed by atoms with Gasteiger partial charge in [0.2, 0.25) is 5.65 Å². The first-order valence-electron chi connectivity index (χ1n) is 4.89. The van der Waals surface area contributed by atoms with Crippen molar-refractivity contribution in [3.8, 4) is 0 Å². The van der Waals surface area contributed by atoms with E-state index >= 15 is 0 Å². The molecule has 0 aliphatic carbocycles. The van der Waals surface area contributed by atoms with Gasteiger partial charge in [0, 0.05) is 5.39 Å². The van der Waals surface area contributed by atoms with Crippen molar-refractivity contribution in [2.75, 3.05) is 0 Å². The number of aromatic nitrogens is 4. The first kappa shape index (κ1) is 7.81. The molecule has 0 saturated carbocycles. The lowest BCUT2D eigenvalue weighted by Crippen LogP contribution is -1.85. The van der Waals surface area contributed by atoms with Crippen LogP contribution in [0, 0.1) is 0 Å². The second-order valence-corrected chi connectivity index (χ2v) is 3.58. The predicted octanol–water partition coefficient (Wildman–Crippen LogP) is 2.02. The van der Waals surface area contributed by atoms with Gasteiger partial charge < -0.3 is 4.42 Å². The molecule has 0 amide bonds. The van der Waals surface area contributed by atoms with Gasteiger partial charge in [0.15, 0.2) is 5.58 Å². The van der Waals surface area contributed by atoms with E-state index in [0.29, 0.717) is 11.2 Å². The number of hydrogen-bond donors (Lipinski definition) is 0. The summed E-state index contributed by atoms with van der Waals surface area (Å²) in [5.74, 6) is 0. The average Bonchev–Trinajstić information content (AvgIpc) is 2.92. The van der Waals surface area contributed by atoms with E-state index in [4.69, 9.17) is 4.42 Å². The molecular weight excluding hydrogens is 204 g/mol. The minimum atomic E-state index is 0.682. The average molecular weight is 210 g/mol. The van der Waals surface area contributed by atoms with E-state index < -0.39 is 0 Å². The maximum atomic E-state index is 5.74. The summed E-state index contributed by atoms with van der Waals surface area (Å²) in [5.41, 5.74) is 3.03. The molecular formula is C11H6N4O. The minimum absolute atomic E-state index is 0.682. The Labute approximate surface area is 89.3 Å². The number of rotatable bonds is 0. The molecule has 3 heterocycles. The number of benzene rings is 1. The van der Waals surface area contributed by atoms with Crippen LogP contribution in [-0.2, 0) is 0 Å². The molecule has 0 N–H and O–H groups in total. The molecule has 0 spiro atoms. The summed E-state index contributed by atoms with van der Waals surface area (Å²) in [7, 11) is 0. The third-order valence-corrected chi connectivity index (χ3v) is 2.66. The molecule has 0 saturated heterocycles. The molecule has 76 valence electrons. The first-order chi connectivity index (χ1) is 7.93. The number of hydrogen-bond acceptors (Lipinski definition) is 4. The van der Waals surface area contributed by atoms with Crippen molar-refractivity contribution in [1.82, 2.24) is 19.6 Å². The van der Waals surface area contributed by atoms with Gasteiger partial charge in [-0.05, 0) is 12.1 Å². The second-order valence-electron chi connectivity index (χ2n) is 3.58. The van der Waals surface area contributed by atoms with Crippen LogP contribution >= 0.6 is 0 Å². The molecule has 0 radical (unpaired) electrons. The fourth-order valence-corrected chi connectivity index (χ4v) is 1.92. The van der Waals surface area contributed by atoms with Crippen molar-refractivity contribution in [3.63, 3.8) is 0 Å². The van der Waals surface area contributed by atoms with Gasteiger partial charge in [0.25, 0.3) is 0 Å². The van der Waals surface area contributed by atoms with Crippen LogP contribution in [0.25, 0.3) is 27.7 Å². The van der Waals surface area contributed by atoms with Gasteiger partial charge in [-0.25, -0.2) is 4.98 Å². The molecule has 0 bridgehead atoms. The normalized spacial score (nSPS) is 11.8. The van der Waals surface area contributed by atoms with Gasteiger partial charge in [-0.2, -0.15) is 0 Å². The lowest BCUT2D eigenvalue weighted by Gasteiger charge is -1.90. The Morgan fingerprint density at radius 3 is 3.06 bits per heavy atom. The third kappa shape index (κ3) is 0.826. The summed E-state index contributed by atoms with van der Waals surface area (Å²) in [6.07, 6.45) is 3.30. The van der Waals surface area contributed by atoms with Gasteiger partial charge in [-0.15, -0.1) is 10.2 Å². The second kappa shape index (κ2) is 2.57. The van der Waals surface area contributed by atoms with Crippen molar-refractivity contribution in [1.29, 1.82) is 0 Å². The minimum Gasteiger partial charge on any atom is -0.450 e. The lowest BCUT2D eigenvalue weighted by atomic mass is 10.2. The molecule has 5 nitrogen and oxygen atoms in total. The highest BCUT2D eigenvalue weighted by Crippen LogP contribution is 2.28. The van der Waals surface area contributed by atoms with Crippen LogP contribution in [0.1, 0.15) is 0 Å². The topological polar surface area (TPSA) is 56.2 Å². The highest BCUT2D eigenvalue weighted by molar-refractivity contribution is 6.06. The molecule has 0 unspecified atom stereocenters. The van der Waals surface area contributed by atoms with E-state index in [1.807, 2.05) is 24.3 Å². The zero-order valence-electron chi connectivity index (χ0n) is 8.16. The molecule has 0 aliphatic heterocycles. The first-order valence-corrected chi connectivity index (χ1v) is 4.89. The van der Waals surface area contributed by atoms with E-state index in [9.17, 15) is 0 Å². The van der Waals surface area contributed by atoms with Gasteiger partial charge >= 0.3 is 0 Å². The molecule has 0 atom stereocenters. The Balaban J connectivity index is 2.38. The van der Waals surface area contributed by atoms with E-state index in [1.54, 1.807) is 17.1 Å². The molecule has 1 aromatic carbocycles. The van der Waals surface area contributed by atoms with Crippen molar-refractivity contribution in [2.45, 2.75) is 0 Å². The van der Waals surface area contributed by atoms with E-state index in [1.165, 1.54) is 0 Å². The monoisotopic (exact) mass is 210 g/mol. The van der Waals surface area contributed by atoms with Crippen molar-refractivity contribution >= 4 is 27.7 Å². The number of furan rings is 1. The molecule has 4 rings (SSSR count). The Hall–Kier alpha value is -2.43. The van der Waals surface area contributed by atoms with Gasteiger partial charge in [0.05, 0.1) is 0 Å². The quantitative estimate of drug-likeness (QED) is 0.445. The predicted molar refractivity (Wildman–Crippen MR) is 58.1 cm³/mol. The Kier molecular flexibility index (Phi) is 1.26. The number of fused-ring (bicyclic) bond motifs is 5. The summed E-state index contributed by atoms with van der Waals surface area (Å²) in [5, 5.41) is 8.86. The van der Waals surface area contributed by atoms with Crippen LogP contribution in [0.2, 0.25) is 0 Å². The van der Waals surface area contributed by atoms with E-state index in [2.05, 4.69) is 15.2 Å². The van der Waals surface area contributed by atoms with Crippen molar-refractivity contribution in [3.05, 3.63) is 36.9 Å². The third-order valence-electron chi connectivity index (χ3n) is 2.66. The number of nitrogens with zero attached hydrogens (tertiary/aromatic N) is 4. The fourth-order valence-electron chi connectivity index (χ4n) is 1.92. The molecule has 5 heteroatoms. The molecule has 3 aromatic heterocycles. The van der Waals surface area contributed by atoms with Gasteiger partial charge in [-0.3, -0.25) is 4.40 Å². The standard InChI is InChI=1S/C11H6N4O/c1-2-4-8-7(3-1)9-10(16-8)11-14-13-6-15(11)5-12-9/h1-6H. The number of para-hydroxylation sites is 1. The summed E-state index contributed by atoms with van der Waals surface area (Å²) >= 11 is 0. The van der Waals surface area contributed by atoms with Crippen LogP contribution in [-0.4, -0.2) is 19.6 Å². The molecule has 16 heavy (non-hydrogen) atoms. The smallest absolute Gasteiger partial charge is 0.207 e. The van der Waals surface area contributed by atoms with Crippen LogP contribution in [0.5, 0.6) is 0 Å². The van der Waals surface area contributed by atoms with Crippen molar-refractivity contribution < 1.29 is 4.42 Å². The maximum absolute atomic E-state index is 5.74. The Bertz CT molecular complexity index is 814. The highest BCUT2D eigenvalue weighted by Gasteiger charge is 2.11. The van der Waals surface area contributed by atoms with Crippen LogP contribution in [0.15, 0.2) is 41.3 Å². The Morgan fingerprint density at radius 1 is 1.12 bits per heavy atom. The summed E-state index contributed by atoms with van der Waals surface area (Å²) < 4.78 is 7.48. The maximum Gasteiger partial charge on any atom is 0.207 e. The van der Waals surface area contributed by atoms with E-state index in [0.717, 1.165) is 16.5 Å². The van der Waals surface area contributed by atoms with Gasteiger partial charge in [-0.1, -0.05) is 12.1 Å². The fraction of sp³-hybridized carbons (Fsp3) is 0. The largest absolute Gasteiger partial charge is 0.450 e. The zero-order chi connectivity index (χ0) is 10.5. The summed E-state index contributed by atoms with van der Waals surface area (Å²) in [6.45, 7) is 0. The molecule has 0 fully saturated rings. The zero-order valence-corrected chi connectivity index (χ0v) is 8.16. The van der Waals surface area contributed by atoms with Crippen LogP contribution < -0.4 is 0 Å². The molecule has 4 aromatic rings. The Morgan fingerprint density at radius 2 is 2.06 bits per heavy atom. The summed E-state index contributed by atoms with van der Waals surface area (Å²) in [4.78, 5) is 4.36. The van der Waals surface area contributed by atoms with Crippen LogP contribution in [0.3, 0.4) is 0 Å². The molecule has 0 aliphatic rings. The highest BCUT2D eigenvalue weighted by atomic mass is 16.3. The SMILES string of the molecule is c1ccc2c(c1)oc1c2ncn2cnnc12. The van der Waals surface area contributed by atoms with Crippen molar-refractivity contribution in [2.24, 2.45) is 0 Å². The summed E-state index contributed by atoms with van der Waals surface area (Å²) in [6, 6.07) is 7.81. The van der Waals surface area contributed by atoms with E-state index in [-0.39, 0.29) is 0 Å². The van der Waals surface area contributed by atoms with Gasteiger partial charge in [0.1, 0.15) is 23.8 Å². The van der Waals surface area contributed by atoms with Crippen LogP contribution in [0.4, 0.5) is 0 Å².